The Hall–Kier alpha value is -2.78. The van der Waals surface area contributed by atoms with Crippen LogP contribution in [-0.2, 0) is 14.3 Å². The summed E-state index contributed by atoms with van der Waals surface area (Å²) in [6.45, 7) is 2.46. The summed E-state index contributed by atoms with van der Waals surface area (Å²) in [6.07, 6.45) is 2.13. The zero-order valence-electron chi connectivity index (χ0n) is 17.6. The van der Waals surface area contributed by atoms with Crippen LogP contribution < -0.4 is 10.2 Å². The number of esters is 1. The molecule has 1 saturated heterocycles. The Morgan fingerprint density at radius 2 is 2.16 bits per heavy atom. The summed E-state index contributed by atoms with van der Waals surface area (Å²) >= 11 is 0. The number of methoxy groups -OCH3 is 1. The lowest BCUT2D eigenvalue weighted by atomic mass is 9.89. The predicted octanol–water partition coefficient (Wildman–Crippen LogP) is 2.93. The van der Waals surface area contributed by atoms with Crippen molar-refractivity contribution >= 4 is 37.7 Å². The van der Waals surface area contributed by atoms with Gasteiger partial charge in [-0.25, -0.2) is 4.39 Å². The molecule has 0 radical (unpaired) electrons. The molecule has 1 fully saturated rings. The first-order valence-electron chi connectivity index (χ1n) is 10.1. The van der Waals surface area contributed by atoms with E-state index in [1.165, 1.54) is 14.0 Å². The van der Waals surface area contributed by atoms with Gasteiger partial charge < -0.3 is 15.0 Å². The number of hydrogen-bond acceptors (Lipinski definition) is 6. The predicted molar refractivity (Wildman–Crippen MR) is 119 cm³/mol. The minimum atomic E-state index is -1.52. The Kier molecular flexibility index (Phi) is 7.07. The van der Waals surface area contributed by atoms with E-state index < -0.39 is 11.4 Å². The molecule has 0 aliphatic carbocycles. The second-order valence-electron chi connectivity index (χ2n) is 7.97. The number of piperidine rings is 1. The molecule has 3 rings (SSSR count). The zero-order valence-corrected chi connectivity index (χ0v) is 18.8. The van der Waals surface area contributed by atoms with Gasteiger partial charge in [-0.2, -0.15) is 5.26 Å². The number of nitrogens with zero attached hydrogens (tertiary/aromatic N) is 3. The number of halogens is 1. The highest BCUT2D eigenvalue weighted by Crippen LogP contribution is 2.38. The number of rotatable bonds is 6. The van der Waals surface area contributed by atoms with Crippen LogP contribution in [0.4, 0.5) is 10.1 Å². The number of benzene rings is 1. The van der Waals surface area contributed by atoms with E-state index in [-0.39, 0.29) is 30.7 Å². The lowest BCUT2D eigenvalue weighted by Crippen LogP contribution is -2.54. The van der Waals surface area contributed by atoms with Gasteiger partial charge in [-0.15, -0.1) is 0 Å². The van der Waals surface area contributed by atoms with Crippen molar-refractivity contribution in [3.8, 4) is 6.07 Å². The Balaban J connectivity index is 1.87. The zero-order chi connectivity index (χ0) is 22.6. The van der Waals surface area contributed by atoms with Crippen LogP contribution in [0, 0.1) is 17.2 Å². The molecule has 9 heteroatoms. The molecular formula is C22H26FN4O3P. The maximum Gasteiger partial charge on any atom is 0.306 e. The molecule has 0 saturated carbocycles. The molecule has 7 nitrogen and oxygen atoms in total. The summed E-state index contributed by atoms with van der Waals surface area (Å²) in [5.74, 6) is -1.07. The number of alkyl halides is 1. The normalized spacial score (nSPS) is 20.5. The highest BCUT2D eigenvalue weighted by atomic mass is 31.0. The van der Waals surface area contributed by atoms with Crippen LogP contribution in [0.15, 0.2) is 30.5 Å². The maximum absolute atomic E-state index is 14.9. The summed E-state index contributed by atoms with van der Waals surface area (Å²) in [7, 11) is 3.54. The first kappa shape index (κ1) is 22.9. The number of ether oxygens (including phenoxy) is 1. The number of hydrogen-bond donors (Lipinski definition) is 1. The fourth-order valence-electron chi connectivity index (χ4n) is 3.95. The number of carbonyl (C=O) groups excluding carboxylic acids is 2. The third kappa shape index (κ3) is 5.48. The molecule has 1 aliphatic heterocycles. The fraction of sp³-hybridized carbons (Fsp3) is 0.455. The van der Waals surface area contributed by atoms with Crippen LogP contribution >= 0.6 is 9.24 Å². The minimum absolute atomic E-state index is 0.00141. The van der Waals surface area contributed by atoms with Gasteiger partial charge in [0.25, 0.3) is 0 Å². The van der Waals surface area contributed by atoms with Crippen molar-refractivity contribution < 1.29 is 18.7 Å². The molecule has 0 spiro atoms. The highest BCUT2D eigenvalue weighted by Gasteiger charge is 2.38. The number of carbonyl (C=O) groups is 2. The molecular weight excluding hydrogens is 418 g/mol. The minimum Gasteiger partial charge on any atom is -0.469 e. The average Bonchev–Trinajstić information content (AvgIpc) is 2.75. The molecule has 4 unspecified atom stereocenters. The Bertz CT molecular complexity index is 1020. The summed E-state index contributed by atoms with van der Waals surface area (Å²) in [4.78, 5) is 30.0. The number of pyridine rings is 1. The van der Waals surface area contributed by atoms with E-state index in [1.54, 1.807) is 18.3 Å². The van der Waals surface area contributed by atoms with E-state index in [0.29, 0.717) is 30.6 Å². The third-order valence-corrected chi connectivity index (χ3v) is 6.08. The standard InChI is InChI=1S/C22H26FN4O3P/c1-22(23,31)15-10-16(26-19(28)7-8-20(29)30-2)13-27(12-15)18-6-5-14(11-24)21-17(18)4-3-9-25-21/h3-6,9,15-16H,7-8,10,12-13,31H2,1-2H3,(H,26,28). The lowest BCUT2D eigenvalue weighted by Gasteiger charge is -2.43. The van der Waals surface area contributed by atoms with Gasteiger partial charge in [-0.05, 0) is 37.6 Å². The van der Waals surface area contributed by atoms with Crippen LogP contribution in [0.5, 0.6) is 0 Å². The number of nitriles is 1. The van der Waals surface area contributed by atoms with E-state index in [1.807, 2.05) is 17.0 Å². The number of amides is 1. The molecule has 1 amide bonds. The second-order valence-corrected chi connectivity index (χ2v) is 9.10. The van der Waals surface area contributed by atoms with E-state index in [9.17, 15) is 19.2 Å². The maximum atomic E-state index is 14.9. The van der Waals surface area contributed by atoms with Crippen LogP contribution in [0.25, 0.3) is 10.9 Å². The van der Waals surface area contributed by atoms with Crippen molar-refractivity contribution in [3.63, 3.8) is 0 Å². The van der Waals surface area contributed by atoms with Gasteiger partial charge >= 0.3 is 5.97 Å². The van der Waals surface area contributed by atoms with E-state index >= 15 is 0 Å². The lowest BCUT2D eigenvalue weighted by molar-refractivity contribution is -0.142. The van der Waals surface area contributed by atoms with Gasteiger partial charge in [-0.3, -0.25) is 14.6 Å². The Morgan fingerprint density at radius 1 is 1.39 bits per heavy atom. The molecule has 2 heterocycles. The summed E-state index contributed by atoms with van der Waals surface area (Å²) in [5.41, 5.74) is 1.91. The molecule has 2 aromatic rings. The SMILES string of the molecule is COC(=O)CCC(=O)NC1CC(C(C)(F)P)CN(c2ccc(C#N)c3ncccc23)C1. The molecule has 1 N–H and O–H groups in total. The Morgan fingerprint density at radius 3 is 2.84 bits per heavy atom. The molecule has 1 aromatic carbocycles. The van der Waals surface area contributed by atoms with Gasteiger partial charge in [0.1, 0.15) is 11.5 Å². The molecule has 164 valence electrons. The first-order valence-corrected chi connectivity index (χ1v) is 10.7. The average molecular weight is 444 g/mol. The number of aromatic nitrogens is 1. The molecule has 1 aliphatic rings. The largest absolute Gasteiger partial charge is 0.469 e. The monoisotopic (exact) mass is 444 g/mol. The van der Waals surface area contributed by atoms with Crippen LogP contribution in [0.2, 0.25) is 0 Å². The van der Waals surface area contributed by atoms with Crippen LogP contribution in [0.3, 0.4) is 0 Å². The number of fused-ring (bicyclic) bond motifs is 1. The van der Waals surface area contributed by atoms with Crippen molar-refractivity contribution in [2.75, 3.05) is 25.1 Å². The van der Waals surface area contributed by atoms with Gasteiger partial charge in [0, 0.05) is 48.7 Å². The van der Waals surface area contributed by atoms with Crippen molar-refractivity contribution in [2.45, 2.75) is 37.6 Å². The number of nitrogens with one attached hydrogen (secondary N) is 1. The Labute approximate surface area is 183 Å². The molecule has 4 atom stereocenters. The van der Waals surface area contributed by atoms with Gasteiger partial charge in [0.05, 0.1) is 24.6 Å². The van der Waals surface area contributed by atoms with E-state index in [2.05, 4.69) is 30.3 Å². The van der Waals surface area contributed by atoms with Crippen LogP contribution in [-0.4, -0.2) is 48.5 Å². The highest BCUT2D eigenvalue weighted by molar-refractivity contribution is 7.18. The van der Waals surface area contributed by atoms with E-state index in [4.69, 9.17) is 0 Å². The van der Waals surface area contributed by atoms with Crippen molar-refractivity contribution in [1.29, 1.82) is 5.26 Å². The van der Waals surface area contributed by atoms with Crippen LogP contribution in [0.1, 0.15) is 31.7 Å². The third-order valence-electron chi connectivity index (χ3n) is 5.61. The van der Waals surface area contributed by atoms with Gasteiger partial charge in [0.2, 0.25) is 5.91 Å². The smallest absolute Gasteiger partial charge is 0.306 e. The van der Waals surface area contributed by atoms with Crippen molar-refractivity contribution in [1.82, 2.24) is 10.3 Å². The molecule has 0 bridgehead atoms. The first-order chi connectivity index (χ1) is 14.7. The number of anilines is 1. The van der Waals surface area contributed by atoms with Gasteiger partial charge in [-0.1, -0.05) is 9.24 Å². The molecule has 31 heavy (non-hydrogen) atoms. The summed E-state index contributed by atoms with van der Waals surface area (Å²) in [6, 6.07) is 9.12. The topological polar surface area (TPSA) is 95.3 Å². The molecule has 1 aromatic heterocycles. The summed E-state index contributed by atoms with van der Waals surface area (Å²) < 4.78 is 19.5. The summed E-state index contributed by atoms with van der Waals surface area (Å²) in [5, 5.41) is 11.6. The van der Waals surface area contributed by atoms with Gasteiger partial charge in [0.15, 0.2) is 0 Å². The van der Waals surface area contributed by atoms with Crippen molar-refractivity contribution in [2.24, 2.45) is 5.92 Å². The van der Waals surface area contributed by atoms with E-state index in [0.717, 1.165) is 11.1 Å². The quantitative estimate of drug-likeness (QED) is 0.544. The fourth-order valence-corrected chi connectivity index (χ4v) is 4.19. The van der Waals surface area contributed by atoms with Crippen molar-refractivity contribution in [3.05, 3.63) is 36.0 Å². The second kappa shape index (κ2) is 9.57.